The predicted octanol–water partition coefficient (Wildman–Crippen LogP) is 4.79. The van der Waals surface area contributed by atoms with Gasteiger partial charge in [-0.1, -0.05) is 35.6 Å². The Balaban J connectivity index is 1.59. The molecule has 6 nitrogen and oxygen atoms in total. The Morgan fingerprint density at radius 2 is 1.77 bits per heavy atom. The number of thiazole rings is 1. The molecule has 0 spiro atoms. The third kappa shape index (κ3) is 3.51. The predicted molar refractivity (Wildman–Crippen MR) is 119 cm³/mol. The van der Waals surface area contributed by atoms with Crippen molar-refractivity contribution in [1.29, 1.82) is 0 Å². The maximum Gasteiger partial charge on any atom is 0.280 e. The van der Waals surface area contributed by atoms with Crippen LogP contribution < -0.4 is 4.90 Å². The number of aryl methyl sites for hydroxylation is 1. The van der Waals surface area contributed by atoms with Gasteiger partial charge in [-0.2, -0.15) is 0 Å². The number of carbonyl (C=O) groups excluding carboxylic acids is 1. The number of benzene rings is 2. The van der Waals surface area contributed by atoms with Gasteiger partial charge in [-0.3, -0.25) is 19.7 Å². The lowest BCUT2D eigenvalue weighted by molar-refractivity contribution is 0.0980. The van der Waals surface area contributed by atoms with Crippen LogP contribution in [0.25, 0.3) is 21.3 Å². The molecular formula is C23H17N5OS. The quantitative estimate of drug-likeness (QED) is 0.425. The third-order valence-corrected chi connectivity index (χ3v) is 5.76. The molecule has 0 unspecified atom stereocenters. The molecule has 5 rings (SSSR count). The fourth-order valence-electron chi connectivity index (χ4n) is 3.21. The highest BCUT2D eigenvalue weighted by atomic mass is 32.1. The Kier molecular flexibility index (Phi) is 4.65. The number of amides is 1. The zero-order chi connectivity index (χ0) is 20.5. The summed E-state index contributed by atoms with van der Waals surface area (Å²) in [5.41, 5.74) is 4.50. The monoisotopic (exact) mass is 411 g/mol. The van der Waals surface area contributed by atoms with Crippen LogP contribution in [0.4, 0.5) is 5.13 Å². The normalized spacial score (nSPS) is 11.1. The summed E-state index contributed by atoms with van der Waals surface area (Å²) in [4.78, 5) is 33.1. The van der Waals surface area contributed by atoms with Crippen LogP contribution in [0.1, 0.15) is 21.7 Å². The van der Waals surface area contributed by atoms with E-state index in [2.05, 4.69) is 21.0 Å². The molecule has 0 saturated carbocycles. The molecule has 146 valence electrons. The molecule has 0 aliphatic rings. The molecule has 5 aromatic rings. The summed E-state index contributed by atoms with van der Waals surface area (Å²) in [5, 5.41) is 0.612. The van der Waals surface area contributed by atoms with Crippen LogP contribution >= 0.6 is 11.3 Å². The molecule has 3 aromatic heterocycles. The minimum absolute atomic E-state index is 0.255. The van der Waals surface area contributed by atoms with Crippen molar-refractivity contribution < 1.29 is 4.79 Å². The van der Waals surface area contributed by atoms with Crippen molar-refractivity contribution in [1.82, 2.24) is 19.9 Å². The lowest BCUT2D eigenvalue weighted by Gasteiger charge is -2.19. The first-order valence-electron chi connectivity index (χ1n) is 9.48. The van der Waals surface area contributed by atoms with E-state index in [0.717, 1.165) is 27.0 Å². The first-order valence-corrected chi connectivity index (χ1v) is 10.3. The lowest BCUT2D eigenvalue weighted by Crippen LogP contribution is -2.31. The Morgan fingerprint density at radius 3 is 2.60 bits per heavy atom. The molecule has 0 N–H and O–H groups in total. The van der Waals surface area contributed by atoms with Crippen LogP contribution in [-0.4, -0.2) is 25.8 Å². The largest absolute Gasteiger partial charge is 0.280 e. The zero-order valence-electron chi connectivity index (χ0n) is 16.2. The number of aromatic nitrogens is 4. The molecule has 2 aromatic carbocycles. The Morgan fingerprint density at radius 1 is 0.933 bits per heavy atom. The van der Waals surface area contributed by atoms with E-state index in [0.29, 0.717) is 17.2 Å². The third-order valence-electron chi connectivity index (χ3n) is 4.72. The molecule has 0 bridgehead atoms. The SMILES string of the molecule is Cc1ccc2nc(N(Cc3ccccn3)C(=O)c3cnc4ccccc4n3)sc2c1. The van der Waals surface area contributed by atoms with Gasteiger partial charge in [-0.15, -0.1) is 0 Å². The number of para-hydroxylation sites is 2. The van der Waals surface area contributed by atoms with Gasteiger partial charge in [-0.05, 0) is 48.9 Å². The van der Waals surface area contributed by atoms with E-state index in [9.17, 15) is 4.79 Å². The number of nitrogens with zero attached hydrogens (tertiary/aromatic N) is 5. The topological polar surface area (TPSA) is 71.9 Å². The zero-order valence-corrected chi connectivity index (χ0v) is 17.0. The lowest BCUT2D eigenvalue weighted by atomic mass is 10.2. The van der Waals surface area contributed by atoms with Gasteiger partial charge in [0.2, 0.25) is 0 Å². The minimum atomic E-state index is -0.255. The summed E-state index contributed by atoms with van der Waals surface area (Å²) in [5.74, 6) is -0.255. The van der Waals surface area contributed by atoms with E-state index in [1.165, 1.54) is 17.5 Å². The highest BCUT2D eigenvalue weighted by molar-refractivity contribution is 7.22. The van der Waals surface area contributed by atoms with E-state index in [-0.39, 0.29) is 11.6 Å². The maximum absolute atomic E-state index is 13.5. The summed E-state index contributed by atoms with van der Waals surface area (Å²) >= 11 is 1.48. The molecule has 30 heavy (non-hydrogen) atoms. The van der Waals surface area contributed by atoms with Gasteiger partial charge in [-0.25, -0.2) is 9.97 Å². The maximum atomic E-state index is 13.5. The molecule has 0 atom stereocenters. The number of hydrogen-bond acceptors (Lipinski definition) is 6. The van der Waals surface area contributed by atoms with Crippen LogP contribution in [0.15, 0.2) is 73.1 Å². The van der Waals surface area contributed by atoms with Crippen LogP contribution in [0.5, 0.6) is 0 Å². The van der Waals surface area contributed by atoms with E-state index in [1.807, 2.05) is 61.5 Å². The molecule has 7 heteroatoms. The van der Waals surface area contributed by atoms with E-state index >= 15 is 0 Å². The van der Waals surface area contributed by atoms with E-state index in [1.54, 1.807) is 11.1 Å². The summed E-state index contributed by atoms with van der Waals surface area (Å²) < 4.78 is 1.04. The minimum Gasteiger partial charge on any atom is -0.276 e. The summed E-state index contributed by atoms with van der Waals surface area (Å²) in [6, 6.07) is 19.2. The average Bonchev–Trinajstić information content (AvgIpc) is 3.20. The average molecular weight is 411 g/mol. The van der Waals surface area contributed by atoms with E-state index in [4.69, 9.17) is 4.98 Å². The van der Waals surface area contributed by atoms with E-state index < -0.39 is 0 Å². The summed E-state index contributed by atoms with van der Waals surface area (Å²) in [6.07, 6.45) is 3.24. The number of rotatable bonds is 4. The van der Waals surface area contributed by atoms with Crippen molar-refractivity contribution in [2.24, 2.45) is 0 Å². The van der Waals surface area contributed by atoms with Gasteiger partial charge in [0.25, 0.3) is 5.91 Å². The Labute approximate surface area is 176 Å². The summed E-state index contributed by atoms with van der Waals surface area (Å²) in [7, 11) is 0. The standard InChI is InChI=1S/C23H17N5OS/c1-15-9-10-19-21(12-15)30-23(27-19)28(14-16-6-4-5-11-24-16)22(29)20-13-25-17-7-2-3-8-18(17)26-20/h2-13H,14H2,1H3. The molecule has 1 amide bonds. The number of hydrogen-bond donors (Lipinski definition) is 0. The fraction of sp³-hybridized carbons (Fsp3) is 0.0870. The van der Waals surface area contributed by atoms with Crippen LogP contribution in [0.2, 0.25) is 0 Å². The van der Waals surface area contributed by atoms with Crippen molar-refractivity contribution in [3.8, 4) is 0 Å². The van der Waals surface area contributed by atoms with Crippen molar-refractivity contribution in [2.45, 2.75) is 13.5 Å². The number of carbonyl (C=O) groups is 1. The van der Waals surface area contributed by atoms with Crippen LogP contribution in [-0.2, 0) is 6.54 Å². The molecule has 0 aliphatic carbocycles. The summed E-state index contributed by atoms with van der Waals surface area (Å²) in [6.45, 7) is 2.34. The van der Waals surface area contributed by atoms with Crippen molar-refractivity contribution in [3.05, 3.63) is 90.0 Å². The highest BCUT2D eigenvalue weighted by Gasteiger charge is 2.24. The fourth-order valence-corrected chi connectivity index (χ4v) is 4.28. The Hall–Kier alpha value is -3.71. The van der Waals surface area contributed by atoms with Gasteiger partial charge >= 0.3 is 0 Å². The van der Waals surface area contributed by atoms with Crippen molar-refractivity contribution >= 4 is 43.6 Å². The molecule has 0 aliphatic heterocycles. The second-order valence-electron chi connectivity index (χ2n) is 6.92. The smallest absolute Gasteiger partial charge is 0.276 e. The van der Waals surface area contributed by atoms with Gasteiger partial charge in [0.1, 0.15) is 5.69 Å². The van der Waals surface area contributed by atoms with Crippen LogP contribution in [0.3, 0.4) is 0 Å². The molecule has 3 heterocycles. The van der Waals surface area contributed by atoms with Crippen molar-refractivity contribution in [2.75, 3.05) is 4.90 Å². The molecule has 0 radical (unpaired) electrons. The molecule has 0 saturated heterocycles. The first kappa shape index (κ1) is 18.3. The number of anilines is 1. The van der Waals surface area contributed by atoms with Gasteiger partial charge in [0.05, 0.1) is 39.7 Å². The van der Waals surface area contributed by atoms with Crippen LogP contribution in [0, 0.1) is 6.92 Å². The molecular weight excluding hydrogens is 394 g/mol. The van der Waals surface area contributed by atoms with Gasteiger partial charge in [0.15, 0.2) is 5.13 Å². The number of fused-ring (bicyclic) bond motifs is 2. The second-order valence-corrected chi connectivity index (χ2v) is 7.93. The highest BCUT2D eigenvalue weighted by Crippen LogP contribution is 2.31. The Bertz CT molecular complexity index is 1370. The van der Waals surface area contributed by atoms with Gasteiger partial charge < -0.3 is 0 Å². The van der Waals surface area contributed by atoms with Gasteiger partial charge in [0, 0.05) is 6.20 Å². The second kappa shape index (κ2) is 7.61. The van der Waals surface area contributed by atoms with Crippen molar-refractivity contribution in [3.63, 3.8) is 0 Å². The molecule has 0 fully saturated rings. The first-order chi connectivity index (χ1) is 14.7. The number of pyridine rings is 1.